The van der Waals surface area contributed by atoms with E-state index in [2.05, 4.69) is 21.6 Å². The van der Waals surface area contributed by atoms with Crippen LogP contribution >= 0.6 is 0 Å². The molecule has 0 aromatic rings. The molecule has 0 amide bonds. The monoisotopic (exact) mass is 315 g/mol. The molecule has 128 valence electrons. The highest BCUT2D eigenvalue weighted by Crippen LogP contribution is 2.52. The molecule has 2 bridgehead atoms. The Bertz CT molecular complexity index is 481. The van der Waals surface area contributed by atoms with Gasteiger partial charge in [-0.25, -0.2) is 0 Å². The van der Waals surface area contributed by atoms with Crippen molar-refractivity contribution < 1.29 is 0 Å². The lowest BCUT2D eigenvalue weighted by Crippen LogP contribution is -2.70. The Hall–Kier alpha value is -0.380. The first kappa shape index (κ1) is 14.9. The Morgan fingerprint density at radius 3 is 2.83 bits per heavy atom. The molecule has 4 saturated heterocycles. The molecule has 0 aromatic heterocycles. The van der Waals surface area contributed by atoms with Crippen LogP contribution in [0.15, 0.2) is 11.6 Å². The Balaban J connectivity index is 1.54. The van der Waals surface area contributed by atoms with Gasteiger partial charge in [-0.3, -0.25) is 4.90 Å². The number of nitrogens with one attached hydrogen (secondary N) is 2. The highest BCUT2D eigenvalue weighted by molar-refractivity contribution is 5.29. The van der Waals surface area contributed by atoms with Gasteiger partial charge in [-0.2, -0.15) is 0 Å². The summed E-state index contributed by atoms with van der Waals surface area (Å²) in [4.78, 5) is 2.90. The molecule has 5 rings (SSSR count). The normalized spacial score (nSPS) is 47.4. The molecular weight excluding hydrogens is 282 g/mol. The van der Waals surface area contributed by atoms with Crippen LogP contribution in [0.25, 0.3) is 0 Å². The second-order valence-corrected chi connectivity index (χ2v) is 8.87. The zero-order valence-electron chi connectivity index (χ0n) is 14.5. The fourth-order valence-electron chi connectivity index (χ4n) is 6.73. The SMILES string of the molecule is C1=C2CCCN[C@@H]2[C@]2([C@@H]3CCCCN3)C[C@H]1[C@@H]1CCCCN1C2. The molecule has 0 saturated carbocycles. The second kappa shape index (κ2) is 5.86. The van der Waals surface area contributed by atoms with Crippen molar-refractivity contribution in [2.45, 2.75) is 75.9 Å². The molecule has 0 spiro atoms. The lowest BCUT2D eigenvalue weighted by Gasteiger charge is -2.62. The molecule has 3 heteroatoms. The molecule has 0 radical (unpaired) electrons. The van der Waals surface area contributed by atoms with Crippen LogP contribution in [0.2, 0.25) is 0 Å². The van der Waals surface area contributed by atoms with Crippen LogP contribution in [0.1, 0.15) is 57.8 Å². The molecule has 3 nitrogen and oxygen atoms in total. The molecule has 5 atom stereocenters. The van der Waals surface area contributed by atoms with Crippen LogP contribution in [0.5, 0.6) is 0 Å². The average Bonchev–Trinajstić information content (AvgIpc) is 2.63. The summed E-state index contributed by atoms with van der Waals surface area (Å²) in [5.41, 5.74) is 2.24. The molecule has 2 N–H and O–H groups in total. The minimum Gasteiger partial charge on any atom is -0.313 e. The van der Waals surface area contributed by atoms with Gasteiger partial charge in [0, 0.05) is 30.1 Å². The van der Waals surface area contributed by atoms with E-state index in [4.69, 9.17) is 0 Å². The largest absolute Gasteiger partial charge is 0.313 e. The van der Waals surface area contributed by atoms with E-state index in [0.717, 1.165) is 18.0 Å². The molecule has 4 aliphatic heterocycles. The number of rotatable bonds is 1. The van der Waals surface area contributed by atoms with E-state index in [0.29, 0.717) is 11.5 Å². The molecule has 0 unspecified atom stereocenters. The number of piperidine rings is 4. The lowest BCUT2D eigenvalue weighted by atomic mass is 9.56. The lowest BCUT2D eigenvalue weighted by molar-refractivity contribution is -0.0562. The van der Waals surface area contributed by atoms with Gasteiger partial charge >= 0.3 is 0 Å². The summed E-state index contributed by atoms with van der Waals surface area (Å²) in [5, 5.41) is 7.94. The van der Waals surface area contributed by atoms with Crippen molar-refractivity contribution in [3.63, 3.8) is 0 Å². The van der Waals surface area contributed by atoms with E-state index >= 15 is 0 Å². The Labute approximate surface area is 141 Å². The van der Waals surface area contributed by atoms with Crippen LogP contribution in [0.3, 0.4) is 0 Å². The van der Waals surface area contributed by atoms with Gasteiger partial charge < -0.3 is 10.6 Å². The van der Waals surface area contributed by atoms with Crippen molar-refractivity contribution in [2.75, 3.05) is 26.2 Å². The molecule has 0 aromatic carbocycles. The van der Waals surface area contributed by atoms with Crippen molar-refractivity contribution in [3.8, 4) is 0 Å². The summed E-state index contributed by atoms with van der Waals surface area (Å²) in [6.45, 7) is 5.17. The first-order valence-corrected chi connectivity index (χ1v) is 10.3. The van der Waals surface area contributed by atoms with E-state index in [1.165, 1.54) is 84.0 Å². The van der Waals surface area contributed by atoms with Crippen molar-refractivity contribution >= 4 is 0 Å². The van der Waals surface area contributed by atoms with Crippen LogP contribution in [0.4, 0.5) is 0 Å². The highest BCUT2D eigenvalue weighted by Gasteiger charge is 2.56. The summed E-state index contributed by atoms with van der Waals surface area (Å²) in [6, 6.07) is 2.25. The summed E-state index contributed by atoms with van der Waals surface area (Å²) in [6.07, 6.45) is 15.4. The van der Waals surface area contributed by atoms with Crippen molar-refractivity contribution in [2.24, 2.45) is 11.3 Å². The van der Waals surface area contributed by atoms with Gasteiger partial charge in [0.1, 0.15) is 0 Å². The predicted octanol–water partition coefficient (Wildman–Crippen LogP) is 2.68. The topological polar surface area (TPSA) is 27.3 Å². The number of hydrogen-bond donors (Lipinski definition) is 2. The molecule has 4 fully saturated rings. The minimum atomic E-state index is 0.462. The van der Waals surface area contributed by atoms with E-state index < -0.39 is 0 Å². The van der Waals surface area contributed by atoms with Gasteiger partial charge in [-0.15, -0.1) is 0 Å². The van der Waals surface area contributed by atoms with Gasteiger partial charge in [0.25, 0.3) is 0 Å². The predicted molar refractivity (Wildman–Crippen MR) is 94.5 cm³/mol. The van der Waals surface area contributed by atoms with Gasteiger partial charge in [0.05, 0.1) is 0 Å². The molecule has 1 aliphatic carbocycles. The number of nitrogens with zero attached hydrogens (tertiary/aromatic N) is 1. The van der Waals surface area contributed by atoms with Gasteiger partial charge in [0.2, 0.25) is 0 Å². The summed E-state index contributed by atoms with van der Waals surface area (Å²) in [7, 11) is 0. The van der Waals surface area contributed by atoms with Crippen molar-refractivity contribution in [3.05, 3.63) is 11.6 Å². The number of hydrogen-bond acceptors (Lipinski definition) is 3. The first-order valence-electron chi connectivity index (χ1n) is 10.3. The highest BCUT2D eigenvalue weighted by atomic mass is 15.2. The van der Waals surface area contributed by atoms with Crippen LogP contribution < -0.4 is 10.6 Å². The van der Waals surface area contributed by atoms with Gasteiger partial charge in [0.15, 0.2) is 0 Å². The molecule has 5 aliphatic rings. The average molecular weight is 316 g/mol. The van der Waals surface area contributed by atoms with Crippen LogP contribution in [0, 0.1) is 11.3 Å². The summed E-state index contributed by atoms with van der Waals surface area (Å²) < 4.78 is 0. The summed E-state index contributed by atoms with van der Waals surface area (Å²) >= 11 is 0. The fraction of sp³-hybridized carbons (Fsp3) is 0.900. The molecule has 23 heavy (non-hydrogen) atoms. The fourth-order valence-corrected chi connectivity index (χ4v) is 6.73. The zero-order chi connectivity index (χ0) is 15.3. The smallest absolute Gasteiger partial charge is 0.0363 e. The molecule has 4 heterocycles. The van der Waals surface area contributed by atoms with E-state index in [1.807, 2.05) is 0 Å². The van der Waals surface area contributed by atoms with E-state index in [-0.39, 0.29) is 0 Å². The standard InChI is InChI=1S/C20H33N3/c1-3-9-21-18(8-1)20-13-16(12-15-6-5-10-22-19(15)20)17-7-2-4-11-23(17)14-20/h12,16-19,21-22H,1-11,13-14H2/t16-,17-,18-,19-,20+/m0/s1. The third-order valence-electron chi connectivity index (χ3n) is 7.64. The third kappa shape index (κ3) is 2.34. The molecular formula is C20H33N3. The van der Waals surface area contributed by atoms with Crippen molar-refractivity contribution in [1.82, 2.24) is 15.5 Å². The maximum Gasteiger partial charge on any atom is 0.0363 e. The van der Waals surface area contributed by atoms with Gasteiger partial charge in [-0.05, 0) is 70.5 Å². The van der Waals surface area contributed by atoms with Crippen LogP contribution in [-0.2, 0) is 0 Å². The van der Waals surface area contributed by atoms with E-state index in [1.54, 1.807) is 5.57 Å². The van der Waals surface area contributed by atoms with Crippen molar-refractivity contribution in [1.29, 1.82) is 0 Å². The van der Waals surface area contributed by atoms with Crippen LogP contribution in [-0.4, -0.2) is 49.2 Å². The maximum absolute atomic E-state index is 3.98. The quantitative estimate of drug-likeness (QED) is 0.729. The third-order valence-corrected chi connectivity index (χ3v) is 7.64. The second-order valence-electron chi connectivity index (χ2n) is 8.87. The van der Waals surface area contributed by atoms with Gasteiger partial charge in [-0.1, -0.05) is 24.5 Å². The first-order chi connectivity index (χ1) is 11.4. The van der Waals surface area contributed by atoms with E-state index in [9.17, 15) is 0 Å². The minimum absolute atomic E-state index is 0.462. The number of fused-ring (bicyclic) bond motifs is 6. The Morgan fingerprint density at radius 1 is 1.00 bits per heavy atom. The summed E-state index contributed by atoms with van der Waals surface area (Å²) in [5.74, 6) is 0.832. The Kier molecular flexibility index (Phi) is 3.80. The maximum atomic E-state index is 3.98. The Morgan fingerprint density at radius 2 is 1.91 bits per heavy atom. The zero-order valence-corrected chi connectivity index (χ0v) is 14.5.